The number of nitrogen functional groups attached to an aromatic ring is 1. The molecular weight excluding hydrogens is 216 g/mol. The summed E-state index contributed by atoms with van der Waals surface area (Å²) in [6.45, 7) is 6.85. The summed E-state index contributed by atoms with van der Waals surface area (Å²) in [5, 5.41) is 6.65. The highest BCUT2D eigenvalue weighted by molar-refractivity contribution is 5.99. The van der Waals surface area contributed by atoms with Crippen LogP contribution in [0.4, 0.5) is 5.82 Å². The minimum Gasteiger partial charge on any atom is -0.382 e. The van der Waals surface area contributed by atoms with E-state index in [1.165, 1.54) is 0 Å². The summed E-state index contributed by atoms with van der Waals surface area (Å²) in [6, 6.07) is 0.401. The zero-order valence-electron chi connectivity index (χ0n) is 10.7. The van der Waals surface area contributed by atoms with Crippen molar-refractivity contribution in [3.8, 4) is 0 Å². The van der Waals surface area contributed by atoms with Gasteiger partial charge in [-0.1, -0.05) is 13.8 Å². The Balaban J connectivity index is 2.21. The molecule has 5 heteroatoms. The highest BCUT2D eigenvalue weighted by atomic mass is 16.2. The molecule has 0 atom stereocenters. The van der Waals surface area contributed by atoms with E-state index in [0.717, 1.165) is 25.1 Å². The van der Waals surface area contributed by atoms with Crippen LogP contribution in [0.15, 0.2) is 0 Å². The van der Waals surface area contributed by atoms with Gasteiger partial charge < -0.3 is 10.6 Å². The van der Waals surface area contributed by atoms with Crippen molar-refractivity contribution in [3.63, 3.8) is 0 Å². The van der Waals surface area contributed by atoms with Crippen molar-refractivity contribution in [3.05, 3.63) is 11.3 Å². The van der Waals surface area contributed by atoms with Crippen LogP contribution in [0.3, 0.4) is 0 Å². The molecule has 0 aliphatic heterocycles. The molecule has 1 aliphatic carbocycles. The monoisotopic (exact) mass is 236 g/mol. The number of aromatic amines is 1. The standard InChI is InChI=1S/C12H20N4O/c1-7(2)6-16(9-4-5-9)12(17)10-8(3)14-15-11(10)13/h7,9H,4-6H2,1-3H3,(H3,13,14,15). The molecule has 5 nitrogen and oxygen atoms in total. The van der Waals surface area contributed by atoms with Gasteiger partial charge in [0.1, 0.15) is 5.56 Å². The Morgan fingerprint density at radius 2 is 2.24 bits per heavy atom. The van der Waals surface area contributed by atoms with Gasteiger partial charge in [0, 0.05) is 18.3 Å². The summed E-state index contributed by atoms with van der Waals surface area (Å²) in [6.07, 6.45) is 2.21. The maximum Gasteiger partial charge on any atom is 0.259 e. The van der Waals surface area contributed by atoms with E-state index in [1.807, 2.05) is 11.8 Å². The van der Waals surface area contributed by atoms with Crippen LogP contribution in [0.2, 0.25) is 0 Å². The van der Waals surface area contributed by atoms with Gasteiger partial charge in [0.25, 0.3) is 5.91 Å². The number of carbonyl (C=O) groups excluding carboxylic acids is 1. The number of H-pyrrole nitrogens is 1. The summed E-state index contributed by atoms with van der Waals surface area (Å²) in [5.74, 6) is 0.792. The number of carbonyl (C=O) groups is 1. The van der Waals surface area contributed by atoms with Crippen molar-refractivity contribution in [2.24, 2.45) is 5.92 Å². The molecule has 0 spiro atoms. The highest BCUT2D eigenvalue weighted by Crippen LogP contribution is 2.30. The first-order valence-corrected chi connectivity index (χ1v) is 6.12. The lowest BCUT2D eigenvalue weighted by atomic mass is 10.1. The van der Waals surface area contributed by atoms with Crippen LogP contribution in [0.5, 0.6) is 0 Å². The fourth-order valence-corrected chi connectivity index (χ4v) is 2.04. The molecule has 1 saturated carbocycles. The van der Waals surface area contributed by atoms with Gasteiger partial charge in [0.05, 0.1) is 0 Å². The molecule has 1 fully saturated rings. The Morgan fingerprint density at radius 3 is 2.65 bits per heavy atom. The van der Waals surface area contributed by atoms with Crippen molar-refractivity contribution in [1.82, 2.24) is 15.1 Å². The number of hydrogen-bond acceptors (Lipinski definition) is 3. The molecule has 94 valence electrons. The quantitative estimate of drug-likeness (QED) is 0.833. The van der Waals surface area contributed by atoms with E-state index in [4.69, 9.17) is 5.73 Å². The van der Waals surface area contributed by atoms with Gasteiger partial charge in [-0.2, -0.15) is 5.10 Å². The number of nitrogens with two attached hydrogens (primary N) is 1. The smallest absolute Gasteiger partial charge is 0.259 e. The van der Waals surface area contributed by atoms with E-state index in [9.17, 15) is 4.79 Å². The Bertz CT molecular complexity index is 401. The molecule has 1 amide bonds. The first-order chi connectivity index (χ1) is 8.00. The number of anilines is 1. The molecule has 0 bridgehead atoms. The van der Waals surface area contributed by atoms with Crippen LogP contribution in [0, 0.1) is 12.8 Å². The first-order valence-electron chi connectivity index (χ1n) is 6.12. The van der Waals surface area contributed by atoms with Gasteiger partial charge in [-0.25, -0.2) is 0 Å². The maximum atomic E-state index is 12.5. The van der Waals surface area contributed by atoms with Crippen LogP contribution >= 0.6 is 0 Å². The van der Waals surface area contributed by atoms with E-state index in [0.29, 0.717) is 23.3 Å². The number of aryl methyl sites for hydroxylation is 1. The molecule has 0 saturated heterocycles. The van der Waals surface area contributed by atoms with Crippen LogP contribution in [0.1, 0.15) is 42.7 Å². The van der Waals surface area contributed by atoms with Gasteiger partial charge in [-0.3, -0.25) is 9.89 Å². The van der Waals surface area contributed by atoms with Gasteiger partial charge in [0.2, 0.25) is 0 Å². The molecule has 0 unspecified atom stereocenters. The summed E-state index contributed by atoms with van der Waals surface area (Å²) in [5.41, 5.74) is 7.03. The van der Waals surface area contributed by atoms with Crippen LogP contribution in [0.25, 0.3) is 0 Å². The van der Waals surface area contributed by atoms with Crippen molar-refractivity contribution in [2.45, 2.75) is 39.7 Å². The van der Waals surface area contributed by atoms with Crippen molar-refractivity contribution in [1.29, 1.82) is 0 Å². The second kappa shape index (κ2) is 4.39. The zero-order chi connectivity index (χ0) is 12.6. The van der Waals surface area contributed by atoms with Gasteiger partial charge >= 0.3 is 0 Å². The lowest BCUT2D eigenvalue weighted by Gasteiger charge is -2.24. The van der Waals surface area contributed by atoms with Gasteiger partial charge in [-0.05, 0) is 25.7 Å². The minimum absolute atomic E-state index is 0.0185. The summed E-state index contributed by atoms with van der Waals surface area (Å²) in [7, 11) is 0. The van der Waals surface area contributed by atoms with Crippen molar-refractivity contribution >= 4 is 11.7 Å². The van der Waals surface area contributed by atoms with E-state index >= 15 is 0 Å². The van der Waals surface area contributed by atoms with E-state index in [-0.39, 0.29) is 5.91 Å². The zero-order valence-corrected chi connectivity index (χ0v) is 10.7. The van der Waals surface area contributed by atoms with Crippen LogP contribution in [-0.2, 0) is 0 Å². The molecule has 0 radical (unpaired) electrons. The van der Waals surface area contributed by atoms with Crippen molar-refractivity contribution < 1.29 is 4.79 Å². The number of nitrogens with one attached hydrogen (secondary N) is 1. The third-order valence-corrected chi connectivity index (χ3v) is 3.00. The fraction of sp³-hybridized carbons (Fsp3) is 0.667. The normalized spacial score (nSPS) is 15.3. The van der Waals surface area contributed by atoms with Gasteiger partial charge in [-0.15, -0.1) is 0 Å². The largest absolute Gasteiger partial charge is 0.382 e. The summed E-state index contributed by atoms with van der Waals surface area (Å²) in [4.78, 5) is 14.4. The molecule has 2 rings (SSSR count). The predicted octanol–water partition coefficient (Wildman–Crippen LogP) is 1.56. The lowest BCUT2D eigenvalue weighted by molar-refractivity contribution is 0.0723. The molecule has 0 aromatic carbocycles. The summed E-state index contributed by atoms with van der Waals surface area (Å²) >= 11 is 0. The Morgan fingerprint density at radius 1 is 1.59 bits per heavy atom. The van der Waals surface area contributed by atoms with Crippen LogP contribution < -0.4 is 5.73 Å². The maximum absolute atomic E-state index is 12.5. The average molecular weight is 236 g/mol. The predicted molar refractivity (Wildman–Crippen MR) is 66.6 cm³/mol. The average Bonchev–Trinajstić information content (AvgIpc) is 3.02. The number of rotatable bonds is 4. The second-order valence-electron chi connectivity index (χ2n) is 5.19. The molecule has 1 aliphatic rings. The third kappa shape index (κ3) is 2.43. The van der Waals surface area contributed by atoms with E-state index in [1.54, 1.807) is 0 Å². The number of amides is 1. The number of hydrogen-bond donors (Lipinski definition) is 2. The van der Waals surface area contributed by atoms with Gasteiger partial charge in [0.15, 0.2) is 5.82 Å². The third-order valence-electron chi connectivity index (χ3n) is 3.00. The Kier molecular flexibility index (Phi) is 3.09. The molecule has 1 heterocycles. The van der Waals surface area contributed by atoms with E-state index in [2.05, 4.69) is 24.0 Å². The number of aromatic nitrogens is 2. The molecule has 3 N–H and O–H groups in total. The SMILES string of the molecule is Cc1[nH]nc(N)c1C(=O)N(CC(C)C)C1CC1. The van der Waals surface area contributed by atoms with Crippen molar-refractivity contribution in [2.75, 3.05) is 12.3 Å². The molecular formula is C12H20N4O. The van der Waals surface area contributed by atoms with Crippen LogP contribution in [-0.4, -0.2) is 33.6 Å². The molecule has 17 heavy (non-hydrogen) atoms. The second-order valence-corrected chi connectivity index (χ2v) is 5.19. The Labute approximate surface area is 101 Å². The number of nitrogens with zero attached hydrogens (tertiary/aromatic N) is 2. The lowest BCUT2D eigenvalue weighted by Crippen LogP contribution is -2.36. The Hall–Kier alpha value is -1.52. The first kappa shape index (κ1) is 12.0. The molecule has 1 aromatic heterocycles. The van der Waals surface area contributed by atoms with E-state index < -0.39 is 0 Å². The fourth-order valence-electron chi connectivity index (χ4n) is 2.04. The topological polar surface area (TPSA) is 75.0 Å². The minimum atomic E-state index is 0.0185. The molecule has 1 aromatic rings. The summed E-state index contributed by atoms with van der Waals surface area (Å²) < 4.78 is 0. The highest BCUT2D eigenvalue weighted by Gasteiger charge is 2.35.